The monoisotopic (exact) mass is 226 g/mol. The van der Waals surface area contributed by atoms with Crippen LogP contribution in [0.25, 0.3) is 0 Å². The highest BCUT2D eigenvalue weighted by molar-refractivity contribution is 5.78. The second-order valence-corrected chi connectivity index (χ2v) is 6.41. The molecule has 0 radical (unpaired) electrons. The van der Waals surface area contributed by atoms with Crippen LogP contribution in [-0.2, 0) is 4.79 Å². The average Bonchev–Trinajstić information content (AvgIpc) is 1.96. The Morgan fingerprint density at radius 3 is 2.06 bits per heavy atom. The molecule has 3 nitrogen and oxygen atoms in total. The molecule has 16 heavy (non-hydrogen) atoms. The van der Waals surface area contributed by atoms with Crippen molar-refractivity contribution in [2.45, 2.75) is 65.0 Å². The minimum Gasteiger partial charge on any atom is -0.332 e. The maximum atomic E-state index is 12.2. The third kappa shape index (κ3) is 2.57. The summed E-state index contributed by atoms with van der Waals surface area (Å²) in [6, 6.07) is 0. The van der Waals surface area contributed by atoms with Gasteiger partial charge in [0.05, 0.1) is 0 Å². The third-order valence-corrected chi connectivity index (χ3v) is 3.51. The van der Waals surface area contributed by atoms with Gasteiger partial charge in [-0.15, -0.1) is 0 Å². The van der Waals surface area contributed by atoms with Crippen molar-refractivity contribution in [2.24, 2.45) is 11.7 Å². The minimum atomic E-state index is -0.0482. The van der Waals surface area contributed by atoms with Crippen LogP contribution >= 0.6 is 0 Å². The number of hydrogen-bond donors (Lipinski definition) is 1. The first-order valence-electron chi connectivity index (χ1n) is 6.24. The molecule has 0 aromatic rings. The van der Waals surface area contributed by atoms with Crippen LogP contribution in [0, 0.1) is 5.92 Å². The molecule has 0 aromatic heterocycles. The molecule has 0 bridgehead atoms. The Balaban J connectivity index is 2.97. The molecule has 1 aliphatic heterocycles. The molecule has 2 N–H and O–H groups in total. The fraction of sp³-hybridized carbons (Fsp3) is 0.923. The molecule has 0 saturated carbocycles. The van der Waals surface area contributed by atoms with E-state index in [9.17, 15) is 4.79 Å². The second-order valence-electron chi connectivity index (χ2n) is 6.41. The summed E-state index contributed by atoms with van der Waals surface area (Å²) in [6.07, 6.45) is 2.61. The van der Waals surface area contributed by atoms with Crippen LogP contribution in [0.15, 0.2) is 0 Å². The summed E-state index contributed by atoms with van der Waals surface area (Å²) < 4.78 is 0. The minimum absolute atomic E-state index is 0.0482. The number of nitrogens with two attached hydrogens (primary N) is 1. The first-order valence-corrected chi connectivity index (χ1v) is 6.24. The molecule has 1 rings (SSSR count). The Labute approximate surface area is 99.4 Å². The Kier molecular flexibility index (Phi) is 3.68. The van der Waals surface area contributed by atoms with Gasteiger partial charge in [-0.3, -0.25) is 4.79 Å². The Bertz CT molecular complexity index is 253. The van der Waals surface area contributed by atoms with Crippen LogP contribution in [-0.4, -0.2) is 28.4 Å². The summed E-state index contributed by atoms with van der Waals surface area (Å²) in [4.78, 5) is 14.2. The van der Waals surface area contributed by atoms with E-state index in [-0.39, 0.29) is 17.0 Å². The van der Waals surface area contributed by atoms with Gasteiger partial charge in [0.2, 0.25) is 5.91 Å². The highest BCUT2D eigenvalue weighted by Crippen LogP contribution is 2.41. The molecule has 0 spiro atoms. The number of hydrogen-bond acceptors (Lipinski definition) is 2. The van der Waals surface area contributed by atoms with Crippen molar-refractivity contribution in [3.8, 4) is 0 Å². The number of piperidine rings is 1. The van der Waals surface area contributed by atoms with Gasteiger partial charge in [-0.25, -0.2) is 0 Å². The zero-order chi connectivity index (χ0) is 12.6. The van der Waals surface area contributed by atoms with Gasteiger partial charge < -0.3 is 10.6 Å². The number of carbonyl (C=O) groups is 1. The second kappa shape index (κ2) is 4.36. The SMILES string of the molecule is CC1CC(C)(C)N(C(=O)CCN)C(C)(C)C1. The number of amides is 1. The molecule has 0 unspecified atom stereocenters. The van der Waals surface area contributed by atoms with Gasteiger partial charge in [0.25, 0.3) is 0 Å². The molecule has 0 aromatic carbocycles. The molecule has 1 saturated heterocycles. The van der Waals surface area contributed by atoms with Gasteiger partial charge in [0.15, 0.2) is 0 Å². The Hall–Kier alpha value is -0.570. The summed E-state index contributed by atoms with van der Waals surface area (Å²) in [5, 5.41) is 0. The lowest BCUT2D eigenvalue weighted by molar-refractivity contribution is -0.151. The first-order chi connectivity index (χ1) is 7.20. The number of likely N-dealkylation sites (tertiary alicyclic amines) is 1. The molecule has 1 heterocycles. The molecular formula is C13H26N2O. The summed E-state index contributed by atoms with van der Waals surface area (Å²) >= 11 is 0. The Morgan fingerprint density at radius 1 is 1.25 bits per heavy atom. The van der Waals surface area contributed by atoms with Crippen LogP contribution in [0.2, 0.25) is 0 Å². The smallest absolute Gasteiger partial charge is 0.224 e. The van der Waals surface area contributed by atoms with E-state index in [1.54, 1.807) is 0 Å². The van der Waals surface area contributed by atoms with Crippen LogP contribution in [0.4, 0.5) is 0 Å². The lowest BCUT2D eigenvalue weighted by atomic mass is 9.74. The van der Waals surface area contributed by atoms with E-state index in [0.29, 0.717) is 18.9 Å². The van der Waals surface area contributed by atoms with Gasteiger partial charge >= 0.3 is 0 Å². The lowest BCUT2D eigenvalue weighted by Crippen LogP contribution is -2.62. The summed E-state index contributed by atoms with van der Waals surface area (Å²) in [5.41, 5.74) is 5.40. The number of carbonyl (C=O) groups excluding carboxylic acids is 1. The molecule has 1 aliphatic rings. The fourth-order valence-electron chi connectivity index (χ4n) is 3.69. The zero-order valence-corrected chi connectivity index (χ0v) is 11.3. The maximum absolute atomic E-state index is 12.2. The predicted molar refractivity (Wildman–Crippen MR) is 67.1 cm³/mol. The van der Waals surface area contributed by atoms with E-state index in [0.717, 1.165) is 12.8 Å². The molecule has 1 fully saturated rings. The molecular weight excluding hydrogens is 200 g/mol. The number of rotatable bonds is 2. The predicted octanol–water partition coefficient (Wildman–Crippen LogP) is 2.15. The van der Waals surface area contributed by atoms with E-state index in [1.807, 2.05) is 0 Å². The van der Waals surface area contributed by atoms with Crippen LogP contribution in [0.1, 0.15) is 53.9 Å². The van der Waals surface area contributed by atoms with E-state index in [1.165, 1.54) is 0 Å². The summed E-state index contributed by atoms with van der Waals surface area (Å²) in [6.45, 7) is 11.4. The van der Waals surface area contributed by atoms with Crippen molar-refractivity contribution in [1.29, 1.82) is 0 Å². The van der Waals surface area contributed by atoms with E-state index < -0.39 is 0 Å². The molecule has 0 atom stereocenters. The van der Waals surface area contributed by atoms with Gasteiger partial charge in [-0.05, 0) is 46.5 Å². The topological polar surface area (TPSA) is 46.3 Å². The summed E-state index contributed by atoms with van der Waals surface area (Å²) in [5.74, 6) is 0.872. The largest absolute Gasteiger partial charge is 0.332 e. The van der Waals surface area contributed by atoms with E-state index in [2.05, 4.69) is 39.5 Å². The van der Waals surface area contributed by atoms with Crippen molar-refractivity contribution in [1.82, 2.24) is 4.90 Å². The maximum Gasteiger partial charge on any atom is 0.224 e. The molecule has 1 amide bonds. The fourth-order valence-corrected chi connectivity index (χ4v) is 3.69. The highest BCUT2D eigenvalue weighted by Gasteiger charge is 2.45. The molecule has 0 aliphatic carbocycles. The summed E-state index contributed by atoms with van der Waals surface area (Å²) in [7, 11) is 0. The normalized spacial score (nSPS) is 24.5. The third-order valence-electron chi connectivity index (χ3n) is 3.51. The van der Waals surface area contributed by atoms with Crippen molar-refractivity contribution < 1.29 is 4.79 Å². The van der Waals surface area contributed by atoms with Gasteiger partial charge in [0, 0.05) is 24.0 Å². The number of nitrogens with zero attached hydrogens (tertiary/aromatic N) is 1. The van der Waals surface area contributed by atoms with Gasteiger partial charge in [-0.1, -0.05) is 6.92 Å². The first kappa shape index (κ1) is 13.5. The lowest BCUT2D eigenvalue weighted by Gasteiger charge is -2.55. The zero-order valence-electron chi connectivity index (χ0n) is 11.3. The quantitative estimate of drug-likeness (QED) is 0.784. The Morgan fingerprint density at radius 2 is 1.69 bits per heavy atom. The van der Waals surface area contributed by atoms with E-state index in [4.69, 9.17) is 5.73 Å². The van der Waals surface area contributed by atoms with Crippen molar-refractivity contribution >= 4 is 5.91 Å². The van der Waals surface area contributed by atoms with E-state index >= 15 is 0 Å². The van der Waals surface area contributed by atoms with Gasteiger partial charge in [0.1, 0.15) is 0 Å². The van der Waals surface area contributed by atoms with Crippen LogP contribution in [0.5, 0.6) is 0 Å². The van der Waals surface area contributed by atoms with Crippen molar-refractivity contribution in [2.75, 3.05) is 6.54 Å². The molecule has 3 heteroatoms. The van der Waals surface area contributed by atoms with Gasteiger partial charge in [-0.2, -0.15) is 0 Å². The van der Waals surface area contributed by atoms with Crippen LogP contribution < -0.4 is 5.73 Å². The standard InChI is InChI=1S/C13H26N2O/c1-10-8-12(2,3)15(11(16)6-7-14)13(4,5)9-10/h10H,6-9,14H2,1-5H3. The highest BCUT2D eigenvalue weighted by atomic mass is 16.2. The van der Waals surface area contributed by atoms with Crippen molar-refractivity contribution in [3.05, 3.63) is 0 Å². The van der Waals surface area contributed by atoms with Crippen LogP contribution in [0.3, 0.4) is 0 Å². The molecule has 94 valence electrons. The van der Waals surface area contributed by atoms with Crippen molar-refractivity contribution in [3.63, 3.8) is 0 Å². The average molecular weight is 226 g/mol.